The fraction of sp³-hybridized carbons (Fsp3) is 0.409. The summed E-state index contributed by atoms with van der Waals surface area (Å²) in [6, 6.07) is 16.4. The summed E-state index contributed by atoms with van der Waals surface area (Å²) >= 11 is 0. The molecule has 2 aliphatic rings. The molecule has 1 saturated heterocycles. The van der Waals surface area contributed by atoms with Crippen LogP contribution in [-0.4, -0.2) is 55.7 Å². The first-order chi connectivity index (χ1) is 13.2. The molecule has 2 amide bonds. The summed E-state index contributed by atoms with van der Waals surface area (Å²) < 4.78 is 6.08. The highest BCUT2D eigenvalue weighted by atomic mass is 16.5. The average Bonchev–Trinajstić information content (AvgIpc) is 2.83. The zero-order chi connectivity index (χ0) is 18.8. The number of benzene rings is 2. The zero-order valence-corrected chi connectivity index (χ0v) is 16.1. The Labute approximate surface area is 161 Å². The Bertz CT molecular complexity index is 815. The van der Waals surface area contributed by atoms with E-state index < -0.39 is 0 Å². The number of nitrogens with zero attached hydrogens (tertiary/aromatic N) is 3. The summed E-state index contributed by atoms with van der Waals surface area (Å²) in [5.74, 6) is 0. The van der Waals surface area contributed by atoms with Crippen LogP contribution < -0.4 is 4.90 Å². The van der Waals surface area contributed by atoms with Crippen LogP contribution in [0.4, 0.5) is 16.2 Å². The number of carbonyl (C=O) groups is 1. The fourth-order valence-electron chi connectivity index (χ4n) is 4.00. The van der Waals surface area contributed by atoms with E-state index in [-0.39, 0.29) is 12.1 Å². The second kappa shape index (κ2) is 7.71. The molecule has 0 spiro atoms. The Morgan fingerprint density at radius 3 is 2.41 bits per heavy atom. The predicted molar refractivity (Wildman–Crippen MR) is 108 cm³/mol. The lowest BCUT2D eigenvalue weighted by molar-refractivity contribution is 0.0638. The summed E-state index contributed by atoms with van der Waals surface area (Å²) in [4.78, 5) is 19.7. The van der Waals surface area contributed by atoms with E-state index in [1.54, 1.807) is 0 Å². The molecule has 2 aliphatic heterocycles. The highest BCUT2D eigenvalue weighted by Gasteiger charge is 2.33. The lowest BCUT2D eigenvalue weighted by Crippen LogP contribution is -2.51. The third-order valence-electron chi connectivity index (χ3n) is 5.50. The average molecular weight is 365 g/mol. The molecule has 0 bridgehead atoms. The molecule has 5 heteroatoms. The molecular weight excluding hydrogens is 338 g/mol. The van der Waals surface area contributed by atoms with E-state index in [2.05, 4.69) is 30.1 Å². The number of amides is 2. The van der Waals surface area contributed by atoms with Crippen LogP contribution in [-0.2, 0) is 11.2 Å². The molecule has 5 nitrogen and oxygen atoms in total. The van der Waals surface area contributed by atoms with Crippen molar-refractivity contribution in [3.8, 4) is 0 Å². The molecule has 27 heavy (non-hydrogen) atoms. The van der Waals surface area contributed by atoms with Gasteiger partial charge in [0.2, 0.25) is 0 Å². The number of hydrogen-bond acceptors (Lipinski definition) is 3. The third-order valence-corrected chi connectivity index (χ3v) is 5.50. The van der Waals surface area contributed by atoms with Crippen LogP contribution in [0, 0.1) is 0 Å². The third kappa shape index (κ3) is 3.45. The lowest BCUT2D eigenvalue weighted by atomic mass is 10.0. The molecule has 0 N–H and O–H groups in total. The van der Waals surface area contributed by atoms with Crippen LogP contribution in [0.1, 0.15) is 24.2 Å². The first-order valence-corrected chi connectivity index (χ1v) is 9.75. The maximum absolute atomic E-state index is 13.6. The molecular formula is C22H27N3O2. The highest BCUT2D eigenvalue weighted by Crippen LogP contribution is 2.42. The monoisotopic (exact) mass is 365 g/mol. The number of carbonyl (C=O) groups excluding carboxylic acids is 1. The Kier molecular flexibility index (Phi) is 5.14. The Balaban J connectivity index is 1.80. The highest BCUT2D eigenvalue weighted by molar-refractivity contribution is 6.01. The number of para-hydroxylation sites is 2. The zero-order valence-electron chi connectivity index (χ0n) is 16.1. The normalized spacial score (nSPS) is 20.0. The van der Waals surface area contributed by atoms with Gasteiger partial charge < -0.3 is 14.5 Å². The number of hydrogen-bond donors (Lipinski definition) is 0. The van der Waals surface area contributed by atoms with E-state index in [4.69, 9.17) is 4.74 Å². The second-order valence-corrected chi connectivity index (χ2v) is 7.24. The number of anilines is 2. The van der Waals surface area contributed by atoms with E-state index in [0.29, 0.717) is 6.61 Å². The van der Waals surface area contributed by atoms with Gasteiger partial charge in [-0.1, -0.05) is 36.4 Å². The van der Waals surface area contributed by atoms with Gasteiger partial charge in [0.15, 0.2) is 0 Å². The molecule has 0 saturated carbocycles. The molecule has 0 unspecified atom stereocenters. The number of piperazine rings is 1. The van der Waals surface area contributed by atoms with E-state index in [0.717, 1.165) is 55.1 Å². The standard InChI is InChI=1S/C22H27N3O2/c1-3-27-21-16-17-8-4-6-10-19(17)25(20-11-7-5-9-18(20)21)22(26)24-14-12-23(2)13-15-24/h4-11,21H,3,12-16H2,1-2H3/t21-/m0/s1. The minimum absolute atomic E-state index is 0.0439. The molecule has 4 rings (SSSR count). The van der Waals surface area contributed by atoms with Crippen molar-refractivity contribution in [2.75, 3.05) is 44.7 Å². The smallest absolute Gasteiger partial charge is 0.329 e. The van der Waals surface area contributed by atoms with Crippen LogP contribution in [0.2, 0.25) is 0 Å². The summed E-state index contributed by atoms with van der Waals surface area (Å²) in [6.07, 6.45) is 0.728. The van der Waals surface area contributed by atoms with Crippen LogP contribution >= 0.6 is 0 Å². The van der Waals surface area contributed by atoms with Crippen LogP contribution in [0.3, 0.4) is 0 Å². The fourth-order valence-corrected chi connectivity index (χ4v) is 4.00. The molecule has 2 aromatic rings. The van der Waals surface area contributed by atoms with Crippen LogP contribution in [0.5, 0.6) is 0 Å². The van der Waals surface area contributed by atoms with Crippen molar-refractivity contribution < 1.29 is 9.53 Å². The van der Waals surface area contributed by atoms with E-state index in [9.17, 15) is 4.79 Å². The Morgan fingerprint density at radius 1 is 1.00 bits per heavy atom. The number of fused-ring (bicyclic) bond motifs is 2. The van der Waals surface area contributed by atoms with Crippen molar-refractivity contribution in [2.24, 2.45) is 0 Å². The molecule has 0 radical (unpaired) electrons. The minimum atomic E-state index is -0.0439. The van der Waals surface area contributed by atoms with Gasteiger partial charge in [-0.3, -0.25) is 4.90 Å². The molecule has 2 heterocycles. The van der Waals surface area contributed by atoms with Gasteiger partial charge in [-0.05, 0) is 31.7 Å². The molecule has 142 valence electrons. The van der Waals surface area contributed by atoms with Gasteiger partial charge in [-0.25, -0.2) is 4.79 Å². The van der Waals surface area contributed by atoms with E-state index in [1.165, 1.54) is 0 Å². The molecule has 0 aliphatic carbocycles. The van der Waals surface area contributed by atoms with E-state index in [1.807, 2.05) is 47.1 Å². The minimum Gasteiger partial charge on any atom is -0.373 e. The van der Waals surface area contributed by atoms with Crippen molar-refractivity contribution in [2.45, 2.75) is 19.4 Å². The number of urea groups is 1. The summed E-state index contributed by atoms with van der Waals surface area (Å²) in [6.45, 7) is 5.99. The van der Waals surface area contributed by atoms with Crippen LogP contribution in [0.25, 0.3) is 0 Å². The van der Waals surface area contributed by atoms with E-state index >= 15 is 0 Å². The lowest BCUT2D eigenvalue weighted by Gasteiger charge is -2.36. The first-order valence-electron chi connectivity index (χ1n) is 9.75. The number of ether oxygens (including phenoxy) is 1. The SMILES string of the molecule is CCO[C@H]1Cc2ccccc2N(C(=O)N2CCN(C)CC2)c2ccccc21. The molecule has 1 atom stereocenters. The topological polar surface area (TPSA) is 36.0 Å². The van der Waals surface area contributed by atoms with Gasteiger partial charge in [0.05, 0.1) is 17.5 Å². The van der Waals surface area contributed by atoms with Crippen LogP contribution in [0.15, 0.2) is 48.5 Å². The molecule has 2 aromatic carbocycles. The van der Waals surface area contributed by atoms with Crippen molar-refractivity contribution in [3.63, 3.8) is 0 Å². The Morgan fingerprint density at radius 2 is 1.67 bits per heavy atom. The molecule has 0 aromatic heterocycles. The predicted octanol–water partition coefficient (Wildman–Crippen LogP) is 3.83. The first kappa shape index (κ1) is 18.0. The van der Waals surface area contributed by atoms with Gasteiger partial charge >= 0.3 is 6.03 Å². The van der Waals surface area contributed by atoms with Gasteiger partial charge in [-0.2, -0.15) is 0 Å². The summed E-state index contributed by atoms with van der Waals surface area (Å²) in [5, 5.41) is 0. The largest absolute Gasteiger partial charge is 0.373 e. The maximum Gasteiger partial charge on any atom is 0.329 e. The number of rotatable bonds is 2. The van der Waals surface area contributed by atoms with Crippen molar-refractivity contribution >= 4 is 17.4 Å². The quantitative estimate of drug-likeness (QED) is 0.812. The molecule has 1 fully saturated rings. The second-order valence-electron chi connectivity index (χ2n) is 7.24. The van der Waals surface area contributed by atoms with Crippen molar-refractivity contribution in [1.29, 1.82) is 0 Å². The summed E-state index contributed by atoms with van der Waals surface area (Å²) in [7, 11) is 2.10. The summed E-state index contributed by atoms with van der Waals surface area (Å²) in [5.41, 5.74) is 4.13. The van der Waals surface area contributed by atoms with Gasteiger partial charge in [0, 0.05) is 44.8 Å². The van der Waals surface area contributed by atoms with Crippen molar-refractivity contribution in [3.05, 3.63) is 59.7 Å². The van der Waals surface area contributed by atoms with Crippen molar-refractivity contribution in [1.82, 2.24) is 9.80 Å². The number of likely N-dealkylation sites (N-methyl/N-ethyl adjacent to an activating group) is 1. The van der Waals surface area contributed by atoms with Gasteiger partial charge in [0.1, 0.15) is 0 Å². The van der Waals surface area contributed by atoms with Gasteiger partial charge in [0.25, 0.3) is 0 Å². The van der Waals surface area contributed by atoms with Gasteiger partial charge in [-0.15, -0.1) is 0 Å². The maximum atomic E-state index is 13.6. The Hall–Kier alpha value is -2.37.